The van der Waals surface area contributed by atoms with Gasteiger partial charge in [-0.2, -0.15) is 41.0 Å². The fourth-order valence-electron chi connectivity index (χ4n) is 8.13. The number of nitrogens with zero attached hydrogens (tertiary/aromatic N) is 9. The third kappa shape index (κ3) is 7.63. The van der Waals surface area contributed by atoms with Crippen molar-refractivity contribution in [1.82, 2.24) is 28.7 Å². The molecule has 21 heteroatoms. The van der Waals surface area contributed by atoms with Gasteiger partial charge in [-0.25, -0.2) is 15.0 Å². The zero-order chi connectivity index (χ0) is 48.6. The average Bonchev–Trinajstić information content (AvgIpc) is 4.06. The van der Waals surface area contributed by atoms with Crippen LogP contribution in [-0.2, 0) is 30.4 Å². The van der Waals surface area contributed by atoms with Crippen molar-refractivity contribution in [2.45, 2.75) is 14.7 Å². The predicted molar refractivity (Wildman–Crippen MR) is 250 cm³/mol. The molecule has 0 radical (unpaired) electrons. The van der Waals surface area contributed by atoms with Crippen molar-refractivity contribution < 1.29 is 38.9 Å². The van der Waals surface area contributed by atoms with Crippen LogP contribution in [-0.4, -0.2) is 67.6 Å². The Hall–Kier alpha value is -8.85. The van der Waals surface area contributed by atoms with Crippen molar-refractivity contribution in [3.05, 3.63) is 162 Å². The van der Waals surface area contributed by atoms with Gasteiger partial charge in [-0.15, -0.1) is 0 Å². The number of aromatic nitrogens is 6. The molecule has 3 heterocycles. The fourth-order valence-corrected chi connectivity index (χ4v) is 9.57. The summed E-state index contributed by atoms with van der Waals surface area (Å²) in [7, 11) is -13.9. The monoisotopic (exact) mass is 969 g/mol. The van der Waals surface area contributed by atoms with Crippen molar-refractivity contribution in [2.75, 3.05) is 0 Å². The van der Waals surface area contributed by atoms with Crippen molar-refractivity contribution >= 4 is 63.5 Å². The first kappa shape index (κ1) is 44.0. The van der Waals surface area contributed by atoms with Gasteiger partial charge in [-0.1, -0.05) is 0 Å². The second-order valence-electron chi connectivity index (χ2n) is 15.4. The van der Waals surface area contributed by atoms with Crippen molar-refractivity contribution in [2.24, 2.45) is 0 Å². The van der Waals surface area contributed by atoms with Crippen LogP contribution in [0.15, 0.2) is 160 Å². The number of hydrogen-bond acceptors (Lipinski definition) is 12. The zero-order valence-corrected chi connectivity index (χ0v) is 37.3. The molecule has 0 amide bonds. The molecule has 10 rings (SSSR count). The van der Waals surface area contributed by atoms with Gasteiger partial charge in [0, 0.05) is 33.8 Å². The lowest BCUT2D eigenvalue weighted by Gasteiger charge is -2.13. The number of imidazole rings is 3. The molecule has 0 unspecified atom stereocenters. The van der Waals surface area contributed by atoms with Crippen LogP contribution in [0.1, 0.15) is 16.7 Å². The van der Waals surface area contributed by atoms with Crippen LogP contribution in [0.25, 0.3) is 84.3 Å². The van der Waals surface area contributed by atoms with E-state index in [0.29, 0.717) is 67.0 Å². The van der Waals surface area contributed by atoms with E-state index in [1.54, 1.807) is 86.5 Å². The zero-order valence-electron chi connectivity index (χ0n) is 34.9. The molecule has 7 aromatic carbocycles. The molecule has 0 aliphatic heterocycles. The van der Waals surface area contributed by atoms with E-state index in [9.17, 15) is 54.7 Å². The molecule has 336 valence electrons. The lowest BCUT2D eigenvalue weighted by molar-refractivity contribution is 0.481. The summed E-state index contributed by atoms with van der Waals surface area (Å²) < 4.78 is 109. The molecule has 0 atom stereocenters. The van der Waals surface area contributed by atoms with E-state index in [2.05, 4.69) is 18.2 Å². The van der Waals surface area contributed by atoms with E-state index in [4.69, 9.17) is 15.0 Å². The Labute approximate surface area is 391 Å². The van der Waals surface area contributed by atoms with Gasteiger partial charge in [-0.05, 0) is 146 Å². The summed E-state index contributed by atoms with van der Waals surface area (Å²) in [6.07, 6.45) is 0. The number of rotatable bonds is 9. The normalized spacial score (nSPS) is 12.0. The maximum atomic E-state index is 12.3. The van der Waals surface area contributed by atoms with Gasteiger partial charge >= 0.3 is 0 Å². The second kappa shape index (κ2) is 16.2. The Morgan fingerprint density at radius 3 is 0.754 bits per heavy atom. The molecular weight excluding hydrogens is 943 g/mol. The van der Waals surface area contributed by atoms with Crippen molar-refractivity contribution in [3.63, 3.8) is 0 Å². The molecular formula is C48H27N9O9S3. The largest absolute Gasteiger partial charge is 0.294 e. The molecule has 3 N–H and O–H groups in total. The molecule has 0 aliphatic rings. The Balaban J connectivity index is 1.47. The molecule has 0 saturated carbocycles. The number of hydrogen-bond donors (Lipinski definition) is 3. The van der Waals surface area contributed by atoms with Gasteiger partial charge in [-0.3, -0.25) is 27.4 Å². The van der Waals surface area contributed by atoms with Crippen LogP contribution in [0, 0.1) is 34.0 Å². The van der Waals surface area contributed by atoms with Gasteiger partial charge < -0.3 is 0 Å². The minimum absolute atomic E-state index is 0.236. The lowest BCUT2D eigenvalue weighted by atomic mass is 10.1. The van der Waals surface area contributed by atoms with E-state index in [-0.39, 0.29) is 34.0 Å². The van der Waals surface area contributed by atoms with Crippen molar-refractivity contribution in [3.8, 4) is 69.4 Å². The van der Waals surface area contributed by atoms with E-state index in [1.807, 2.05) is 0 Å². The van der Waals surface area contributed by atoms with Gasteiger partial charge in [0.25, 0.3) is 30.4 Å². The van der Waals surface area contributed by atoms with Crippen LogP contribution in [0.5, 0.6) is 0 Å². The van der Waals surface area contributed by atoms with Crippen LogP contribution >= 0.6 is 0 Å². The van der Waals surface area contributed by atoms with E-state index >= 15 is 0 Å². The van der Waals surface area contributed by atoms with Crippen molar-refractivity contribution in [1.29, 1.82) is 15.8 Å². The Morgan fingerprint density at radius 1 is 0.348 bits per heavy atom. The maximum Gasteiger partial charge on any atom is 0.294 e. The van der Waals surface area contributed by atoms with Crippen LogP contribution in [0.3, 0.4) is 0 Å². The summed E-state index contributed by atoms with van der Waals surface area (Å²) in [5.41, 5.74) is 5.03. The van der Waals surface area contributed by atoms with Crippen LogP contribution in [0.4, 0.5) is 0 Å². The van der Waals surface area contributed by atoms with Crippen LogP contribution in [0.2, 0.25) is 0 Å². The van der Waals surface area contributed by atoms with E-state index < -0.39 is 45.0 Å². The second-order valence-corrected chi connectivity index (χ2v) is 19.6. The smallest absolute Gasteiger partial charge is 0.290 e. The maximum absolute atomic E-state index is 12.3. The SMILES string of the molecule is N#Cc1ccc(-c2nc3c(c4nc(-c5ccc(C#N)cc5)n(-c5ccc(S(=O)(=O)O)cc5)c4c4nc(-c5ccc(C#N)cc5)n(-c5ccc(S(=O)(=O)O)cc5)c34)n2-c2ccc(S(=O)(=O)O)cc2)cc1. The van der Waals surface area contributed by atoms with E-state index in [0.717, 1.165) is 0 Å². The lowest BCUT2D eigenvalue weighted by Crippen LogP contribution is -2.02. The molecule has 10 aromatic rings. The topological polar surface area (TPSA) is 288 Å². The first-order valence-corrected chi connectivity index (χ1v) is 24.4. The average molecular weight is 970 g/mol. The van der Waals surface area contributed by atoms with Crippen LogP contribution < -0.4 is 0 Å². The summed E-state index contributed by atoms with van der Waals surface area (Å²) in [4.78, 5) is 14.6. The molecule has 0 fully saturated rings. The first-order valence-electron chi connectivity index (χ1n) is 20.1. The summed E-state index contributed by atoms with van der Waals surface area (Å²) in [5.74, 6) is 0.762. The summed E-state index contributed by atoms with van der Waals surface area (Å²) in [5, 5.41) is 29.2. The predicted octanol–water partition coefficient (Wildman–Crippen LogP) is 8.06. The van der Waals surface area contributed by atoms with Gasteiger partial charge in [0.15, 0.2) is 0 Å². The number of nitriles is 3. The molecule has 0 bridgehead atoms. The standard InChI is InChI=1S/C48H27N9O9S3/c49-25-28-1-7-31(8-2-28)46-52-40-43(55(46)34-13-19-37(20-14-34)67(58,59)60)41-45(57(36-17-23-39(24-18-36)69(64,65)66)47(53-41)32-9-3-29(26-50)4-10-32)42-44(40)56(35-15-21-38(22-16-35)68(61,62)63)48(54-42)33-11-5-30(27-51)6-12-33/h1-24H,(H,58,59,60)(H,61,62,63)(H,64,65,66). The Kier molecular flexibility index (Phi) is 10.3. The minimum Gasteiger partial charge on any atom is -0.290 e. The molecule has 0 spiro atoms. The molecule has 3 aromatic heterocycles. The summed E-state index contributed by atoms with van der Waals surface area (Å²) in [6.45, 7) is 0. The number of fused-ring (bicyclic) bond motifs is 6. The molecule has 0 aliphatic carbocycles. The first-order chi connectivity index (χ1) is 33.0. The number of benzene rings is 7. The summed E-state index contributed by atoms with van der Waals surface area (Å²) in [6, 6.07) is 41.8. The van der Waals surface area contributed by atoms with Gasteiger partial charge in [0.05, 0.1) is 49.6 Å². The quantitative estimate of drug-likeness (QED) is 0.115. The highest BCUT2D eigenvalue weighted by molar-refractivity contribution is 7.86. The minimum atomic E-state index is -4.65. The highest BCUT2D eigenvalue weighted by Gasteiger charge is 2.31. The Bertz CT molecular complexity index is 3770. The van der Waals surface area contributed by atoms with Gasteiger partial charge in [0.1, 0.15) is 50.6 Å². The molecule has 0 saturated heterocycles. The highest BCUT2D eigenvalue weighted by Crippen LogP contribution is 2.44. The molecule has 18 nitrogen and oxygen atoms in total. The highest BCUT2D eigenvalue weighted by atomic mass is 32.2. The van der Waals surface area contributed by atoms with Gasteiger partial charge in [0.2, 0.25) is 0 Å². The van der Waals surface area contributed by atoms with E-state index in [1.165, 1.54) is 72.8 Å². The Morgan fingerprint density at radius 2 is 0.565 bits per heavy atom. The third-order valence-electron chi connectivity index (χ3n) is 11.3. The summed E-state index contributed by atoms with van der Waals surface area (Å²) >= 11 is 0. The third-order valence-corrected chi connectivity index (χ3v) is 13.9. The molecule has 69 heavy (non-hydrogen) atoms. The fraction of sp³-hybridized carbons (Fsp3) is 0.